The summed E-state index contributed by atoms with van der Waals surface area (Å²) in [6.07, 6.45) is 0. The second-order valence-electron chi connectivity index (χ2n) is 5.28. The van der Waals surface area contributed by atoms with Gasteiger partial charge in [0.05, 0.1) is 5.56 Å². The minimum Gasteiger partial charge on any atom is -0.452 e. The molecule has 6 nitrogen and oxygen atoms in total. The molecule has 0 saturated carbocycles. The van der Waals surface area contributed by atoms with Gasteiger partial charge in [0.1, 0.15) is 5.52 Å². The number of para-hydroxylation sites is 1. The van der Waals surface area contributed by atoms with Crippen LogP contribution in [0.5, 0.6) is 0 Å². The first-order valence-corrected chi connectivity index (χ1v) is 7.24. The Balaban J connectivity index is 1.55. The largest absolute Gasteiger partial charge is 0.452 e. The number of halogens is 1. The highest BCUT2D eigenvalue weighted by Crippen LogP contribution is 2.22. The Morgan fingerprint density at radius 3 is 2.96 bits per heavy atom. The average molecular weight is 326 g/mol. The second kappa shape index (κ2) is 5.45. The summed E-state index contributed by atoms with van der Waals surface area (Å²) in [5.41, 5.74) is 1.77. The monoisotopic (exact) mass is 326 g/mol. The van der Waals surface area contributed by atoms with Gasteiger partial charge in [-0.05, 0) is 29.8 Å². The van der Waals surface area contributed by atoms with Crippen molar-refractivity contribution in [1.82, 2.24) is 10.3 Å². The van der Waals surface area contributed by atoms with Crippen LogP contribution in [-0.2, 0) is 17.9 Å². The van der Waals surface area contributed by atoms with Gasteiger partial charge in [0.15, 0.2) is 18.0 Å². The smallest absolute Gasteiger partial charge is 0.339 e. The molecule has 1 aromatic heterocycles. The van der Waals surface area contributed by atoms with E-state index in [1.807, 2.05) is 0 Å². The number of ether oxygens (including phenoxy) is 1. The van der Waals surface area contributed by atoms with Crippen molar-refractivity contribution in [3.63, 3.8) is 0 Å². The molecule has 1 N–H and O–H groups in total. The van der Waals surface area contributed by atoms with Crippen LogP contribution in [0.4, 0.5) is 4.39 Å². The lowest BCUT2D eigenvalue weighted by molar-refractivity contribution is 0.0439. The third kappa shape index (κ3) is 2.30. The maximum absolute atomic E-state index is 13.6. The van der Waals surface area contributed by atoms with E-state index in [0.717, 1.165) is 0 Å². The molecule has 7 heteroatoms. The number of rotatable bonds is 3. The number of amides is 1. The Bertz CT molecular complexity index is 980. The van der Waals surface area contributed by atoms with E-state index < -0.39 is 11.8 Å². The van der Waals surface area contributed by atoms with Crippen LogP contribution in [0.3, 0.4) is 0 Å². The van der Waals surface area contributed by atoms with Gasteiger partial charge in [-0.25, -0.2) is 14.2 Å². The summed E-state index contributed by atoms with van der Waals surface area (Å²) in [5.74, 6) is -1.20. The number of nitrogens with zero attached hydrogens (tertiary/aromatic N) is 1. The Hall–Kier alpha value is -3.22. The molecule has 0 atom stereocenters. The molecular formula is C17H11FN2O4. The van der Waals surface area contributed by atoms with Crippen LogP contribution >= 0.6 is 0 Å². The lowest BCUT2D eigenvalue weighted by Crippen LogP contribution is -2.12. The molecule has 0 unspecified atom stereocenters. The number of nitrogens with one attached hydrogen (secondary N) is 1. The van der Waals surface area contributed by atoms with Crippen LogP contribution in [0, 0.1) is 5.82 Å². The van der Waals surface area contributed by atoms with Crippen molar-refractivity contribution >= 4 is 23.0 Å². The fourth-order valence-corrected chi connectivity index (χ4v) is 2.67. The van der Waals surface area contributed by atoms with Crippen LogP contribution in [0.2, 0.25) is 0 Å². The van der Waals surface area contributed by atoms with Crippen molar-refractivity contribution in [3.05, 3.63) is 64.8 Å². The average Bonchev–Trinajstić information content (AvgIpc) is 3.17. The van der Waals surface area contributed by atoms with E-state index in [1.165, 1.54) is 12.1 Å². The van der Waals surface area contributed by atoms with Crippen molar-refractivity contribution in [3.8, 4) is 0 Å². The van der Waals surface area contributed by atoms with Crippen LogP contribution in [0.15, 0.2) is 40.8 Å². The molecule has 1 amide bonds. The van der Waals surface area contributed by atoms with Crippen molar-refractivity contribution in [2.24, 2.45) is 0 Å². The molecule has 1 aliphatic heterocycles. The van der Waals surface area contributed by atoms with E-state index >= 15 is 0 Å². The number of fused-ring (bicyclic) bond motifs is 2. The zero-order chi connectivity index (χ0) is 16.7. The Labute approximate surface area is 135 Å². The van der Waals surface area contributed by atoms with E-state index in [-0.39, 0.29) is 36.0 Å². The van der Waals surface area contributed by atoms with E-state index in [0.29, 0.717) is 16.7 Å². The maximum Gasteiger partial charge on any atom is 0.339 e. The van der Waals surface area contributed by atoms with Crippen LogP contribution in [-0.4, -0.2) is 16.9 Å². The number of oxazole rings is 1. The quantitative estimate of drug-likeness (QED) is 0.748. The zero-order valence-electron chi connectivity index (χ0n) is 12.3. The van der Waals surface area contributed by atoms with Gasteiger partial charge in [-0.2, -0.15) is 0 Å². The van der Waals surface area contributed by atoms with E-state index in [2.05, 4.69) is 10.3 Å². The normalized spacial score (nSPS) is 13.0. The molecule has 0 aliphatic carbocycles. The molecule has 24 heavy (non-hydrogen) atoms. The van der Waals surface area contributed by atoms with Gasteiger partial charge in [0.25, 0.3) is 5.91 Å². The van der Waals surface area contributed by atoms with Gasteiger partial charge in [-0.3, -0.25) is 4.79 Å². The number of aromatic nitrogens is 1. The highest BCUT2D eigenvalue weighted by atomic mass is 19.1. The van der Waals surface area contributed by atoms with Crippen molar-refractivity contribution in [1.29, 1.82) is 0 Å². The highest BCUT2D eigenvalue weighted by Gasteiger charge is 2.25. The number of carbonyl (C=O) groups excluding carboxylic acids is 2. The molecule has 0 bridgehead atoms. The van der Waals surface area contributed by atoms with E-state index in [1.54, 1.807) is 24.3 Å². The first kappa shape index (κ1) is 14.4. The first-order chi connectivity index (χ1) is 11.6. The molecule has 4 rings (SSSR count). The number of benzene rings is 2. The Kier molecular flexibility index (Phi) is 3.26. The number of esters is 1. The predicted octanol–water partition coefficient (Wildman–Crippen LogP) is 2.57. The first-order valence-electron chi connectivity index (χ1n) is 7.24. The number of carbonyl (C=O) groups is 2. The van der Waals surface area contributed by atoms with Gasteiger partial charge < -0.3 is 14.5 Å². The molecule has 2 heterocycles. The van der Waals surface area contributed by atoms with Crippen molar-refractivity contribution in [2.45, 2.75) is 13.2 Å². The van der Waals surface area contributed by atoms with Gasteiger partial charge >= 0.3 is 5.97 Å². The molecule has 1 aliphatic rings. The van der Waals surface area contributed by atoms with Gasteiger partial charge in [-0.1, -0.05) is 12.1 Å². The molecule has 0 fully saturated rings. The minimum atomic E-state index is -0.592. The summed E-state index contributed by atoms with van der Waals surface area (Å²) in [6, 6.07) is 9.23. The van der Waals surface area contributed by atoms with Crippen molar-refractivity contribution in [2.75, 3.05) is 0 Å². The third-order valence-electron chi connectivity index (χ3n) is 3.81. The summed E-state index contributed by atoms with van der Waals surface area (Å²) in [7, 11) is 0. The zero-order valence-corrected chi connectivity index (χ0v) is 12.3. The number of hydrogen-bond acceptors (Lipinski definition) is 5. The van der Waals surface area contributed by atoms with Gasteiger partial charge in [0.2, 0.25) is 5.89 Å². The highest BCUT2D eigenvalue weighted by molar-refractivity contribution is 6.02. The second-order valence-corrected chi connectivity index (χ2v) is 5.28. The topological polar surface area (TPSA) is 81.4 Å². The fraction of sp³-hybridized carbons (Fsp3) is 0.118. The fourth-order valence-electron chi connectivity index (χ4n) is 2.67. The SMILES string of the molecule is O=C1NCc2c1cccc2C(=O)OCc1nc2c(F)cccc2o1. The number of hydrogen-bond donors (Lipinski definition) is 1. The standard InChI is InChI=1S/C17H11FN2O4/c18-12-5-2-6-13-15(12)20-14(24-13)8-23-17(22)10-4-1-3-9-11(10)7-19-16(9)21/h1-6H,7-8H2,(H,19,21). The lowest BCUT2D eigenvalue weighted by atomic mass is 10.0. The summed E-state index contributed by atoms with van der Waals surface area (Å²) in [5, 5.41) is 2.66. The van der Waals surface area contributed by atoms with Crippen LogP contribution in [0.1, 0.15) is 32.2 Å². The minimum absolute atomic E-state index is 0.0962. The maximum atomic E-state index is 13.6. The predicted molar refractivity (Wildman–Crippen MR) is 80.7 cm³/mol. The molecule has 3 aromatic rings. The summed E-state index contributed by atoms with van der Waals surface area (Å²) in [4.78, 5) is 27.9. The summed E-state index contributed by atoms with van der Waals surface area (Å²) >= 11 is 0. The molecular weight excluding hydrogens is 315 g/mol. The van der Waals surface area contributed by atoms with E-state index in [4.69, 9.17) is 9.15 Å². The van der Waals surface area contributed by atoms with Crippen LogP contribution in [0.25, 0.3) is 11.1 Å². The Morgan fingerprint density at radius 2 is 2.12 bits per heavy atom. The van der Waals surface area contributed by atoms with E-state index in [9.17, 15) is 14.0 Å². The molecule has 120 valence electrons. The molecule has 0 saturated heterocycles. The summed E-state index contributed by atoms with van der Waals surface area (Å²) in [6.45, 7) is 0.0610. The molecule has 2 aromatic carbocycles. The lowest BCUT2D eigenvalue weighted by Gasteiger charge is -2.06. The summed E-state index contributed by atoms with van der Waals surface area (Å²) < 4.78 is 24.1. The van der Waals surface area contributed by atoms with Crippen molar-refractivity contribution < 1.29 is 23.1 Å². The van der Waals surface area contributed by atoms with Gasteiger partial charge in [-0.15, -0.1) is 0 Å². The molecule has 0 spiro atoms. The molecule has 0 radical (unpaired) electrons. The van der Waals surface area contributed by atoms with Crippen LogP contribution < -0.4 is 5.32 Å². The Morgan fingerprint density at radius 1 is 1.29 bits per heavy atom. The third-order valence-corrected chi connectivity index (χ3v) is 3.81. The van der Waals surface area contributed by atoms with Gasteiger partial charge in [0, 0.05) is 12.1 Å².